The van der Waals surface area contributed by atoms with Crippen molar-refractivity contribution in [3.8, 4) is 0 Å². The Morgan fingerprint density at radius 1 is 1.44 bits per heavy atom. The van der Waals surface area contributed by atoms with Crippen molar-refractivity contribution in [3.05, 3.63) is 28.2 Å². The van der Waals surface area contributed by atoms with Gasteiger partial charge in [0.15, 0.2) is 0 Å². The van der Waals surface area contributed by atoms with Crippen LogP contribution in [0.1, 0.15) is 24.3 Å². The number of amides is 1. The van der Waals surface area contributed by atoms with Crippen LogP contribution < -0.4 is 5.56 Å². The molecular weight excluding hydrogens is 234 g/mol. The number of ether oxygens (including phenoxy) is 1. The van der Waals surface area contributed by atoms with Gasteiger partial charge in [0.25, 0.3) is 11.5 Å². The molecule has 2 atom stereocenters. The zero-order valence-electron chi connectivity index (χ0n) is 10.8. The van der Waals surface area contributed by atoms with Crippen LogP contribution in [0.5, 0.6) is 0 Å². The van der Waals surface area contributed by atoms with Crippen molar-refractivity contribution in [2.75, 3.05) is 13.2 Å². The maximum atomic E-state index is 12.3. The molecule has 0 spiro atoms. The summed E-state index contributed by atoms with van der Waals surface area (Å²) in [5, 5.41) is 3.98. The third kappa shape index (κ3) is 2.43. The van der Waals surface area contributed by atoms with Crippen molar-refractivity contribution in [1.29, 1.82) is 0 Å². The van der Waals surface area contributed by atoms with Crippen molar-refractivity contribution in [3.63, 3.8) is 0 Å². The average Bonchev–Trinajstić information content (AvgIpc) is 2.35. The van der Waals surface area contributed by atoms with Gasteiger partial charge in [-0.05, 0) is 19.9 Å². The molecule has 1 amide bonds. The lowest BCUT2D eigenvalue weighted by atomic mass is 10.2. The summed E-state index contributed by atoms with van der Waals surface area (Å²) in [5.41, 5.74) is 0.0630. The number of aryl methyl sites for hydroxylation is 1. The Kier molecular flexibility index (Phi) is 3.47. The number of hydrogen-bond donors (Lipinski definition) is 0. The highest BCUT2D eigenvalue weighted by molar-refractivity contribution is 5.92. The highest BCUT2D eigenvalue weighted by Gasteiger charge is 2.29. The quantitative estimate of drug-likeness (QED) is 0.706. The summed E-state index contributed by atoms with van der Waals surface area (Å²) in [5.74, 6) is -0.159. The maximum Gasteiger partial charge on any atom is 0.274 e. The second-order valence-corrected chi connectivity index (χ2v) is 4.63. The molecular formula is C12H17N3O3. The van der Waals surface area contributed by atoms with E-state index in [9.17, 15) is 9.59 Å². The fourth-order valence-electron chi connectivity index (χ4n) is 1.95. The fraction of sp³-hybridized carbons (Fsp3) is 0.583. The monoisotopic (exact) mass is 251 g/mol. The van der Waals surface area contributed by atoms with Crippen molar-refractivity contribution in [2.45, 2.75) is 26.0 Å². The van der Waals surface area contributed by atoms with E-state index in [4.69, 9.17) is 4.74 Å². The number of rotatable bonds is 1. The lowest BCUT2D eigenvalue weighted by molar-refractivity contribution is -0.0389. The van der Waals surface area contributed by atoms with E-state index in [-0.39, 0.29) is 29.3 Å². The summed E-state index contributed by atoms with van der Waals surface area (Å²) in [6.07, 6.45) is 0.0256. The largest absolute Gasteiger partial charge is 0.375 e. The predicted molar refractivity (Wildman–Crippen MR) is 65.4 cm³/mol. The van der Waals surface area contributed by atoms with Gasteiger partial charge in [-0.1, -0.05) is 0 Å². The first-order valence-corrected chi connectivity index (χ1v) is 5.96. The van der Waals surface area contributed by atoms with E-state index < -0.39 is 0 Å². The second kappa shape index (κ2) is 4.89. The molecule has 0 N–H and O–H groups in total. The van der Waals surface area contributed by atoms with Gasteiger partial charge < -0.3 is 9.64 Å². The smallest absolute Gasteiger partial charge is 0.274 e. The Hall–Kier alpha value is -1.69. The van der Waals surface area contributed by atoms with Gasteiger partial charge in [0.2, 0.25) is 0 Å². The summed E-state index contributed by atoms with van der Waals surface area (Å²) >= 11 is 0. The van der Waals surface area contributed by atoms with Crippen molar-refractivity contribution in [2.24, 2.45) is 7.05 Å². The summed E-state index contributed by atoms with van der Waals surface area (Å²) in [7, 11) is 1.53. The number of carbonyl (C=O) groups is 1. The van der Waals surface area contributed by atoms with Crippen LogP contribution in [0.25, 0.3) is 0 Å². The fourth-order valence-corrected chi connectivity index (χ4v) is 1.95. The molecule has 1 aliphatic rings. The third-order valence-corrected chi connectivity index (χ3v) is 3.05. The predicted octanol–water partition coefficient (Wildman–Crippen LogP) is 0.0297. The third-order valence-electron chi connectivity index (χ3n) is 3.05. The maximum absolute atomic E-state index is 12.3. The van der Waals surface area contributed by atoms with Gasteiger partial charge in [0.05, 0.1) is 18.8 Å². The highest BCUT2D eigenvalue weighted by Crippen LogP contribution is 2.13. The molecule has 1 aromatic rings. The zero-order chi connectivity index (χ0) is 13.3. The second-order valence-electron chi connectivity index (χ2n) is 4.63. The van der Waals surface area contributed by atoms with Gasteiger partial charge in [0, 0.05) is 19.7 Å². The van der Waals surface area contributed by atoms with Crippen molar-refractivity contribution >= 4 is 5.91 Å². The molecule has 1 aliphatic heterocycles. The van der Waals surface area contributed by atoms with E-state index in [0.717, 1.165) is 0 Å². The Labute approximate surface area is 105 Å². The number of carbonyl (C=O) groups excluding carboxylic acids is 1. The van der Waals surface area contributed by atoms with E-state index in [0.29, 0.717) is 13.2 Å². The molecule has 1 fully saturated rings. The molecule has 1 saturated heterocycles. The van der Waals surface area contributed by atoms with Crippen LogP contribution in [0, 0.1) is 0 Å². The van der Waals surface area contributed by atoms with E-state index in [1.807, 2.05) is 13.8 Å². The van der Waals surface area contributed by atoms with E-state index in [1.54, 1.807) is 4.90 Å². The molecule has 2 unspecified atom stereocenters. The van der Waals surface area contributed by atoms with Crippen LogP contribution in [0.15, 0.2) is 16.9 Å². The van der Waals surface area contributed by atoms with Crippen LogP contribution >= 0.6 is 0 Å². The summed E-state index contributed by atoms with van der Waals surface area (Å²) in [4.78, 5) is 25.3. The van der Waals surface area contributed by atoms with E-state index in [1.165, 1.54) is 23.9 Å². The number of hydrogen-bond acceptors (Lipinski definition) is 4. The standard InChI is InChI=1S/C12H17N3O3/c1-8-7-18-9(2)6-15(8)12(17)10-4-5-11(16)14(3)13-10/h4-5,8-9H,6-7H2,1-3H3. The molecule has 1 aromatic heterocycles. The minimum Gasteiger partial charge on any atom is -0.375 e. The number of morpholine rings is 1. The molecule has 6 heteroatoms. The summed E-state index contributed by atoms with van der Waals surface area (Å²) < 4.78 is 6.65. The first-order valence-electron chi connectivity index (χ1n) is 5.96. The Morgan fingerprint density at radius 3 is 2.83 bits per heavy atom. The van der Waals surface area contributed by atoms with Gasteiger partial charge in [-0.2, -0.15) is 5.10 Å². The van der Waals surface area contributed by atoms with Crippen LogP contribution in [-0.2, 0) is 11.8 Å². The van der Waals surface area contributed by atoms with Gasteiger partial charge in [-0.25, -0.2) is 4.68 Å². The van der Waals surface area contributed by atoms with Crippen LogP contribution in [0.3, 0.4) is 0 Å². The van der Waals surface area contributed by atoms with Crippen molar-refractivity contribution < 1.29 is 9.53 Å². The highest BCUT2D eigenvalue weighted by atomic mass is 16.5. The minimum absolute atomic E-state index is 0.0211. The molecule has 0 saturated carbocycles. The lowest BCUT2D eigenvalue weighted by Gasteiger charge is -2.36. The lowest BCUT2D eigenvalue weighted by Crippen LogP contribution is -2.50. The molecule has 18 heavy (non-hydrogen) atoms. The van der Waals surface area contributed by atoms with Gasteiger partial charge >= 0.3 is 0 Å². The minimum atomic E-state index is -0.227. The molecule has 6 nitrogen and oxygen atoms in total. The van der Waals surface area contributed by atoms with Gasteiger partial charge in [-0.3, -0.25) is 9.59 Å². The van der Waals surface area contributed by atoms with Crippen LogP contribution in [0.2, 0.25) is 0 Å². The first kappa shape index (κ1) is 12.8. The normalized spacial score (nSPS) is 24.1. The number of nitrogens with zero attached hydrogens (tertiary/aromatic N) is 3. The molecule has 2 rings (SSSR count). The van der Waals surface area contributed by atoms with E-state index in [2.05, 4.69) is 5.10 Å². The van der Waals surface area contributed by atoms with Crippen LogP contribution in [0.4, 0.5) is 0 Å². The number of aromatic nitrogens is 2. The Morgan fingerprint density at radius 2 is 2.17 bits per heavy atom. The SMILES string of the molecule is CC1CN(C(=O)c2ccc(=O)n(C)n2)C(C)CO1. The average molecular weight is 251 g/mol. The molecule has 0 aliphatic carbocycles. The Balaban J connectivity index is 2.24. The van der Waals surface area contributed by atoms with Gasteiger partial charge in [-0.15, -0.1) is 0 Å². The van der Waals surface area contributed by atoms with Gasteiger partial charge in [0.1, 0.15) is 5.69 Å². The topological polar surface area (TPSA) is 64.4 Å². The molecule has 0 aromatic carbocycles. The van der Waals surface area contributed by atoms with Crippen molar-refractivity contribution in [1.82, 2.24) is 14.7 Å². The molecule has 98 valence electrons. The van der Waals surface area contributed by atoms with Crippen LogP contribution in [-0.4, -0.2) is 45.9 Å². The molecule has 2 heterocycles. The molecule has 0 bridgehead atoms. The zero-order valence-corrected chi connectivity index (χ0v) is 10.8. The summed E-state index contributed by atoms with van der Waals surface area (Å²) in [6.45, 7) is 4.94. The first-order chi connectivity index (χ1) is 8.49. The Bertz CT molecular complexity index is 512. The van der Waals surface area contributed by atoms with E-state index >= 15 is 0 Å². The summed E-state index contributed by atoms with van der Waals surface area (Å²) in [6, 6.07) is 2.85. The molecule has 0 radical (unpaired) electrons.